The molecule has 20 heavy (non-hydrogen) atoms. The van der Waals surface area contributed by atoms with Gasteiger partial charge in [0.1, 0.15) is 0 Å². The van der Waals surface area contributed by atoms with Crippen LogP contribution in [0.25, 0.3) is 0 Å². The summed E-state index contributed by atoms with van der Waals surface area (Å²) in [6.07, 6.45) is 4.23. The Morgan fingerprint density at radius 3 is 2.10 bits per heavy atom. The Morgan fingerprint density at radius 1 is 1.00 bits per heavy atom. The molecule has 1 rings (SSSR count). The van der Waals surface area contributed by atoms with Crippen LogP contribution in [0.4, 0.5) is 0 Å². The van der Waals surface area contributed by atoms with Crippen LogP contribution in [0.2, 0.25) is 0 Å². The third-order valence-corrected chi connectivity index (χ3v) is 4.39. The molecular formula is C16H33NO3. The minimum absolute atomic E-state index is 0.193. The summed E-state index contributed by atoms with van der Waals surface area (Å²) in [5, 5.41) is 10.3. The molecule has 0 heterocycles. The van der Waals surface area contributed by atoms with Crippen molar-refractivity contribution in [3.8, 4) is 0 Å². The number of aliphatic hydroxyl groups is 1. The van der Waals surface area contributed by atoms with Gasteiger partial charge in [0.25, 0.3) is 0 Å². The van der Waals surface area contributed by atoms with Crippen LogP contribution in [-0.4, -0.2) is 61.7 Å². The third-order valence-electron chi connectivity index (χ3n) is 4.39. The predicted molar refractivity (Wildman–Crippen MR) is 82.0 cm³/mol. The lowest BCUT2D eigenvalue weighted by Crippen LogP contribution is -2.49. The minimum atomic E-state index is -0.193. The molecule has 3 unspecified atom stereocenters. The van der Waals surface area contributed by atoms with Gasteiger partial charge >= 0.3 is 0 Å². The fourth-order valence-corrected chi connectivity index (χ4v) is 3.07. The summed E-state index contributed by atoms with van der Waals surface area (Å²) in [5.41, 5.74) is 0. The van der Waals surface area contributed by atoms with Crippen molar-refractivity contribution in [2.45, 2.75) is 58.6 Å². The molecule has 1 aliphatic carbocycles. The van der Waals surface area contributed by atoms with E-state index < -0.39 is 0 Å². The molecule has 0 radical (unpaired) electrons. The summed E-state index contributed by atoms with van der Waals surface area (Å²) in [4.78, 5) is 2.37. The Labute approximate surface area is 124 Å². The molecule has 120 valence electrons. The van der Waals surface area contributed by atoms with Crippen molar-refractivity contribution >= 4 is 0 Å². The van der Waals surface area contributed by atoms with Gasteiger partial charge in [-0.1, -0.05) is 13.3 Å². The average molecular weight is 287 g/mol. The molecule has 4 heteroatoms. The molecule has 0 amide bonds. The molecule has 1 saturated carbocycles. The van der Waals surface area contributed by atoms with E-state index in [2.05, 4.69) is 11.8 Å². The number of hydrogen-bond donors (Lipinski definition) is 1. The molecule has 0 aliphatic heterocycles. The highest BCUT2D eigenvalue weighted by Crippen LogP contribution is 2.30. The molecule has 0 aromatic rings. The molecule has 4 nitrogen and oxygen atoms in total. The zero-order valence-electron chi connectivity index (χ0n) is 13.5. The first kappa shape index (κ1) is 17.9. The second kappa shape index (κ2) is 10.6. The molecule has 1 fully saturated rings. The fraction of sp³-hybridized carbons (Fsp3) is 1.00. The van der Waals surface area contributed by atoms with Gasteiger partial charge < -0.3 is 14.6 Å². The normalized spacial score (nSPS) is 27.1. The van der Waals surface area contributed by atoms with E-state index in [1.165, 1.54) is 12.8 Å². The van der Waals surface area contributed by atoms with E-state index in [4.69, 9.17) is 9.47 Å². The van der Waals surface area contributed by atoms with Crippen LogP contribution in [0, 0.1) is 5.92 Å². The van der Waals surface area contributed by atoms with Crippen molar-refractivity contribution < 1.29 is 14.6 Å². The van der Waals surface area contributed by atoms with Crippen molar-refractivity contribution in [1.82, 2.24) is 4.90 Å². The first-order valence-corrected chi connectivity index (χ1v) is 8.30. The number of hydrogen-bond acceptors (Lipinski definition) is 4. The molecule has 0 spiro atoms. The zero-order chi connectivity index (χ0) is 14.8. The summed E-state index contributed by atoms with van der Waals surface area (Å²) in [5.74, 6) is 0.755. The minimum Gasteiger partial charge on any atom is -0.391 e. The Morgan fingerprint density at radius 2 is 1.60 bits per heavy atom. The summed E-state index contributed by atoms with van der Waals surface area (Å²) in [6.45, 7) is 11.1. The van der Waals surface area contributed by atoms with Crippen molar-refractivity contribution in [2.75, 3.05) is 39.5 Å². The van der Waals surface area contributed by atoms with Gasteiger partial charge in [0, 0.05) is 32.3 Å². The summed E-state index contributed by atoms with van der Waals surface area (Å²) in [6, 6.07) is 0.273. The van der Waals surface area contributed by atoms with E-state index in [1.807, 2.05) is 13.8 Å². The van der Waals surface area contributed by atoms with Gasteiger partial charge in [-0.3, -0.25) is 4.90 Å². The van der Waals surface area contributed by atoms with Gasteiger partial charge in [-0.15, -0.1) is 0 Å². The number of ether oxygens (including phenoxy) is 2. The van der Waals surface area contributed by atoms with Crippen LogP contribution in [-0.2, 0) is 9.47 Å². The first-order valence-electron chi connectivity index (χ1n) is 8.30. The standard InChI is InChI=1S/C16H33NO3/c1-4-14-7-8-16(18)15(13-14)17(9-11-19-5-2)10-12-20-6-3/h14-16,18H,4-13H2,1-3H3. The van der Waals surface area contributed by atoms with Crippen LogP contribution in [0.15, 0.2) is 0 Å². The largest absolute Gasteiger partial charge is 0.391 e. The summed E-state index contributed by atoms with van der Waals surface area (Å²) in [7, 11) is 0. The lowest BCUT2D eigenvalue weighted by atomic mass is 9.81. The fourth-order valence-electron chi connectivity index (χ4n) is 3.07. The van der Waals surface area contributed by atoms with E-state index in [0.717, 1.165) is 58.3 Å². The maximum absolute atomic E-state index is 10.3. The van der Waals surface area contributed by atoms with Crippen molar-refractivity contribution in [3.05, 3.63) is 0 Å². The second-order valence-corrected chi connectivity index (χ2v) is 5.65. The third kappa shape index (κ3) is 6.08. The highest BCUT2D eigenvalue weighted by molar-refractivity contribution is 4.86. The Hall–Kier alpha value is -0.160. The van der Waals surface area contributed by atoms with Crippen LogP contribution in [0.1, 0.15) is 46.5 Å². The Balaban J connectivity index is 2.52. The quantitative estimate of drug-likeness (QED) is 0.626. The monoisotopic (exact) mass is 287 g/mol. The van der Waals surface area contributed by atoms with Gasteiger partial charge in [-0.2, -0.15) is 0 Å². The van der Waals surface area contributed by atoms with Crippen LogP contribution >= 0.6 is 0 Å². The number of aliphatic hydroxyl groups excluding tert-OH is 1. The maximum atomic E-state index is 10.3. The second-order valence-electron chi connectivity index (χ2n) is 5.65. The maximum Gasteiger partial charge on any atom is 0.0695 e. The number of nitrogens with zero attached hydrogens (tertiary/aromatic N) is 1. The predicted octanol–water partition coefficient (Wildman–Crippen LogP) is 2.30. The van der Waals surface area contributed by atoms with Gasteiger partial charge in [0.15, 0.2) is 0 Å². The van der Waals surface area contributed by atoms with E-state index >= 15 is 0 Å². The lowest BCUT2D eigenvalue weighted by molar-refractivity contribution is -0.0201. The molecule has 1 aliphatic rings. The van der Waals surface area contributed by atoms with E-state index in [9.17, 15) is 5.11 Å². The number of rotatable bonds is 10. The van der Waals surface area contributed by atoms with Gasteiger partial charge in [0.05, 0.1) is 19.3 Å². The van der Waals surface area contributed by atoms with Crippen molar-refractivity contribution in [2.24, 2.45) is 5.92 Å². The molecular weight excluding hydrogens is 254 g/mol. The molecule has 0 bridgehead atoms. The van der Waals surface area contributed by atoms with Crippen molar-refractivity contribution in [1.29, 1.82) is 0 Å². The van der Waals surface area contributed by atoms with Crippen molar-refractivity contribution in [3.63, 3.8) is 0 Å². The zero-order valence-corrected chi connectivity index (χ0v) is 13.5. The molecule has 0 aromatic heterocycles. The van der Waals surface area contributed by atoms with Gasteiger partial charge in [0.2, 0.25) is 0 Å². The highest BCUT2D eigenvalue weighted by atomic mass is 16.5. The average Bonchev–Trinajstić information content (AvgIpc) is 2.47. The molecule has 1 N–H and O–H groups in total. The topological polar surface area (TPSA) is 41.9 Å². The first-order chi connectivity index (χ1) is 9.72. The Kier molecular flexibility index (Phi) is 9.44. The molecule has 0 saturated heterocycles. The molecule has 0 aromatic carbocycles. The van der Waals surface area contributed by atoms with Crippen LogP contribution in [0.3, 0.4) is 0 Å². The summed E-state index contributed by atoms with van der Waals surface area (Å²) >= 11 is 0. The summed E-state index contributed by atoms with van der Waals surface area (Å²) < 4.78 is 11.0. The van der Waals surface area contributed by atoms with Gasteiger partial charge in [-0.25, -0.2) is 0 Å². The van der Waals surface area contributed by atoms with Crippen LogP contribution < -0.4 is 0 Å². The SMILES string of the molecule is CCOCCN(CCOCC)C1CC(CC)CCC1O. The molecule has 3 atom stereocenters. The lowest BCUT2D eigenvalue weighted by Gasteiger charge is -2.40. The highest BCUT2D eigenvalue weighted by Gasteiger charge is 2.32. The van der Waals surface area contributed by atoms with E-state index in [0.29, 0.717) is 0 Å². The Bertz CT molecular complexity index is 228. The van der Waals surface area contributed by atoms with Crippen LogP contribution in [0.5, 0.6) is 0 Å². The van der Waals surface area contributed by atoms with E-state index in [-0.39, 0.29) is 12.1 Å². The van der Waals surface area contributed by atoms with E-state index in [1.54, 1.807) is 0 Å². The smallest absolute Gasteiger partial charge is 0.0695 e. The van der Waals surface area contributed by atoms with Gasteiger partial charge in [-0.05, 0) is 39.0 Å².